The normalized spacial score (nSPS) is 15.1. The summed E-state index contributed by atoms with van der Waals surface area (Å²) >= 11 is 1.57. The van der Waals surface area contributed by atoms with E-state index in [1.54, 1.807) is 25.2 Å². The molecule has 1 N–H and O–H groups in total. The maximum atomic E-state index is 11.6. The smallest absolute Gasteiger partial charge is 0.155 e. The van der Waals surface area contributed by atoms with Crippen LogP contribution in [0.1, 0.15) is 35.3 Å². The SMILES string of the molecule is Cc1cc(C(O)C(C)(C)S(C)(=O)=O)c(C)s1. The molecule has 1 rings (SSSR count). The Morgan fingerprint density at radius 2 is 1.88 bits per heavy atom. The maximum absolute atomic E-state index is 11.6. The lowest BCUT2D eigenvalue weighted by Gasteiger charge is -2.28. The highest BCUT2D eigenvalue weighted by Crippen LogP contribution is 2.36. The fourth-order valence-electron chi connectivity index (χ4n) is 1.50. The number of rotatable bonds is 3. The van der Waals surface area contributed by atoms with Crippen LogP contribution in [0.4, 0.5) is 0 Å². The van der Waals surface area contributed by atoms with Gasteiger partial charge < -0.3 is 5.11 Å². The number of hydrogen-bond donors (Lipinski definition) is 1. The molecule has 16 heavy (non-hydrogen) atoms. The first-order valence-electron chi connectivity index (χ1n) is 5.02. The van der Waals surface area contributed by atoms with Gasteiger partial charge in [0.15, 0.2) is 9.84 Å². The third kappa shape index (κ3) is 2.31. The summed E-state index contributed by atoms with van der Waals surface area (Å²) in [7, 11) is -3.30. The molecule has 0 spiro atoms. The van der Waals surface area contributed by atoms with E-state index in [0.29, 0.717) is 0 Å². The molecule has 0 radical (unpaired) electrons. The Morgan fingerprint density at radius 3 is 2.19 bits per heavy atom. The van der Waals surface area contributed by atoms with Gasteiger partial charge in [0, 0.05) is 16.0 Å². The third-order valence-corrected chi connectivity index (χ3v) is 6.10. The molecule has 5 heteroatoms. The van der Waals surface area contributed by atoms with E-state index in [-0.39, 0.29) is 0 Å². The van der Waals surface area contributed by atoms with Gasteiger partial charge >= 0.3 is 0 Å². The van der Waals surface area contributed by atoms with E-state index < -0.39 is 20.7 Å². The van der Waals surface area contributed by atoms with Crippen molar-refractivity contribution in [1.29, 1.82) is 0 Å². The number of thiophene rings is 1. The number of aliphatic hydroxyl groups excluding tert-OH is 1. The van der Waals surface area contributed by atoms with Crippen molar-refractivity contribution >= 4 is 21.2 Å². The zero-order valence-corrected chi connectivity index (χ0v) is 11.9. The molecule has 1 aromatic rings. The largest absolute Gasteiger partial charge is 0.387 e. The highest BCUT2D eigenvalue weighted by molar-refractivity contribution is 7.92. The third-order valence-electron chi connectivity index (χ3n) is 2.99. The summed E-state index contributed by atoms with van der Waals surface area (Å²) in [4.78, 5) is 2.05. The monoisotopic (exact) mass is 262 g/mol. The lowest BCUT2D eigenvalue weighted by Crippen LogP contribution is -2.37. The highest BCUT2D eigenvalue weighted by Gasteiger charge is 2.39. The van der Waals surface area contributed by atoms with Crippen molar-refractivity contribution in [3.8, 4) is 0 Å². The molecule has 0 aliphatic heterocycles. The van der Waals surface area contributed by atoms with E-state index in [9.17, 15) is 13.5 Å². The molecule has 1 aromatic heterocycles. The standard InChI is InChI=1S/C11H18O3S2/c1-7-6-9(8(2)15-7)10(12)11(3,4)16(5,13)14/h6,10,12H,1-5H3. The summed E-state index contributed by atoms with van der Waals surface area (Å²) < 4.78 is 22.1. The molecule has 0 aliphatic carbocycles. The fourth-order valence-corrected chi connectivity index (χ4v) is 2.99. The van der Waals surface area contributed by atoms with Crippen LogP contribution >= 0.6 is 11.3 Å². The second kappa shape index (κ2) is 4.13. The molecule has 0 saturated carbocycles. The molecule has 0 amide bonds. The van der Waals surface area contributed by atoms with E-state index in [4.69, 9.17) is 0 Å². The van der Waals surface area contributed by atoms with Crippen molar-refractivity contribution in [1.82, 2.24) is 0 Å². The molecule has 1 atom stereocenters. The second-order valence-electron chi connectivity index (χ2n) is 4.65. The Labute approximate surface area is 101 Å². The molecule has 1 heterocycles. The van der Waals surface area contributed by atoms with Crippen LogP contribution in [0.25, 0.3) is 0 Å². The Morgan fingerprint density at radius 1 is 1.38 bits per heavy atom. The maximum Gasteiger partial charge on any atom is 0.155 e. The van der Waals surface area contributed by atoms with Crippen LogP contribution in [-0.4, -0.2) is 24.5 Å². The topological polar surface area (TPSA) is 54.4 Å². The van der Waals surface area contributed by atoms with Crippen LogP contribution in [0, 0.1) is 13.8 Å². The van der Waals surface area contributed by atoms with Crippen molar-refractivity contribution < 1.29 is 13.5 Å². The average Bonchev–Trinajstić information content (AvgIpc) is 2.41. The Hall–Kier alpha value is -0.390. The number of aliphatic hydroxyl groups is 1. The highest BCUT2D eigenvalue weighted by atomic mass is 32.2. The number of hydrogen-bond acceptors (Lipinski definition) is 4. The minimum atomic E-state index is -3.30. The molecule has 92 valence electrons. The molecule has 1 unspecified atom stereocenters. The van der Waals surface area contributed by atoms with Crippen LogP contribution in [0.15, 0.2) is 6.07 Å². The molecule has 3 nitrogen and oxygen atoms in total. The summed E-state index contributed by atoms with van der Waals surface area (Å²) in [6.45, 7) is 6.95. The molecule has 0 aromatic carbocycles. The summed E-state index contributed by atoms with van der Waals surface area (Å²) in [6, 6.07) is 1.86. The predicted molar refractivity (Wildman–Crippen MR) is 67.7 cm³/mol. The van der Waals surface area contributed by atoms with Gasteiger partial charge in [0.2, 0.25) is 0 Å². The number of sulfone groups is 1. The van der Waals surface area contributed by atoms with Crippen LogP contribution in [-0.2, 0) is 9.84 Å². The van der Waals surface area contributed by atoms with Gasteiger partial charge in [-0.3, -0.25) is 0 Å². The Kier molecular flexibility index (Phi) is 3.53. The van der Waals surface area contributed by atoms with Gasteiger partial charge in [-0.15, -0.1) is 11.3 Å². The van der Waals surface area contributed by atoms with E-state index in [1.165, 1.54) is 0 Å². The molecule has 0 fully saturated rings. The van der Waals surface area contributed by atoms with Gasteiger partial charge in [-0.25, -0.2) is 8.42 Å². The Bertz CT molecular complexity index is 483. The lowest BCUT2D eigenvalue weighted by molar-refractivity contribution is 0.139. The van der Waals surface area contributed by atoms with Crippen LogP contribution < -0.4 is 0 Å². The van der Waals surface area contributed by atoms with Gasteiger partial charge in [-0.1, -0.05) is 0 Å². The van der Waals surface area contributed by atoms with Crippen molar-refractivity contribution in [3.63, 3.8) is 0 Å². The van der Waals surface area contributed by atoms with E-state index >= 15 is 0 Å². The summed E-state index contributed by atoms with van der Waals surface area (Å²) in [5.41, 5.74) is 0.720. The quantitative estimate of drug-likeness (QED) is 0.908. The summed E-state index contributed by atoms with van der Waals surface area (Å²) in [5, 5.41) is 10.2. The van der Waals surface area contributed by atoms with Crippen molar-refractivity contribution in [2.24, 2.45) is 0 Å². The first-order valence-corrected chi connectivity index (χ1v) is 7.72. The van der Waals surface area contributed by atoms with Gasteiger partial charge in [0.05, 0.1) is 10.9 Å². The van der Waals surface area contributed by atoms with Crippen molar-refractivity contribution in [3.05, 3.63) is 21.4 Å². The predicted octanol–water partition coefficient (Wildman–Crippen LogP) is 2.22. The van der Waals surface area contributed by atoms with Gasteiger partial charge in [-0.05, 0) is 39.3 Å². The summed E-state index contributed by atoms with van der Waals surface area (Å²) in [6.07, 6.45) is 0.178. The van der Waals surface area contributed by atoms with Gasteiger partial charge in [0.1, 0.15) is 0 Å². The minimum absolute atomic E-state index is 0.720. The van der Waals surface area contributed by atoms with Crippen LogP contribution in [0.2, 0.25) is 0 Å². The second-order valence-corrected chi connectivity index (χ2v) is 8.70. The van der Waals surface area contributed by atoms with Gasteiger partial charge in [0.25, 0.3) is 0 Å². The van der Waals surface area contributed by atoms with Crippen molar-refractivity contribution in [2.75, 3.05) is 6.26 Å². The molecule has 0 bridgehead atoms. The minimum Gasteiger partial charge on any atom is -0.387 e. The first kappa shape index (κ1) is 13.7. The van der Waals surface area contributed by atoms with E-state index in [2.05, 4.69) is 0 Å². The lowest BCUT2D eigenvalue weighted by atomic mass is 9.99. The zero-order chi connectivity index (χ0) is 12.7. The van der Waals surface area contributed by atoms with E-state index in [0.717, 1.165) is 21.6 Å². The van der Waals surface area contributed by atoms with Gasteiger partial charge in [-0.2, -0.15) is 0 Å². The molecule has 0 aliphatic rings. The average molecular weight is 262 g/mol. The molecular formula is C11H18O3S2. The van der Waals surface area contributed by atoms with Crippen LogP contribution in [0.5, 0.6) is 0 Å². The van der Waals surface area contributed by atoms with E-state index in [1.807, 2.05) is 19.9 Å². The molecular weight excluding hydrogens is 244 g/mol. The number of aryl methyl sites for hydroxylation is 2. The fraction of sp³-hybridized carbons (Fsp3) is 0.636. The first-order chi connectivity index (χ1) is 7.07. The molecule has 0 saturated heterocycles. The van der Waals surface area contributed by atoms with Crippen molar-refractivity contribution in [2.45, 2.75) is 38.5 Å². The van der Waals surface area contributed by atoms with Crippen LogP contribution in [0.3, 0.4) is 0 Å². The zero-order valence-electron chi connectivity index (χ0n) is 10.2. The summed E-state index contributed by atoms with van der Waals surface area (Å²) in [5.74, 6) is 0. The Balaban J connectivity index is 3.22.